The number of aryl methyl sites for hydroxylation is 1. The van der Waals surface area contributed by atoms with Crippen LogP contribution in [0.4, 0.5) is 5.69 Å². The Morgan fingerprint density at radius 3 is 2.41 bits per heavy atom. The Kier molecular flexibility index (Phi) is 6.34. The van der Waals surface area contributed by atoms with E-state index in [9.17, 15) is 13.2 Å². The summed E-state index contributed by atoms with van der Waals surface area (Å²) in [4.78, 5) is 16.9. The van der Waals surface area contributed by atoms with E-state index in [2.05, 4.69) is 15.0 Å². The minimum atomic E-state index is -3.81. The third-order valence-corrected chi connectivity index (χ3v) is 6.76. The maximum absolute atomic E-state index is 12.7. The Bertz CT molecular complexity index is 1500. The van der Waals surface area contributed by atoms with Gasteiger partial charge in [0.05, 0.1) is 33.2 Å². The van der Waals surface area contributed by atoms with E-state index in [1.807, 2.05) is 36.7 Å². The highest BCUT2D eigenvalue weighted by Crippen LogP contribution is 2.27. The number of rotatable bonds is 7. The quantitative estimate of drug-likeness (QED) is 0.420. The Morgan fingerprint density at radius 2 is 1.76 bits per heavy atom. The Labute approximate surface area is 197 Å². The first-order chi connectivity index (χ1) is 16.3. The van der Waals surface area contributed by atoms with Gasteiger partial charge in [-0.3, -0.25) is 9.52 Å². The number of hydrogen-bond acceptors (Lipinski definition) is 5. The number of nitriles is 1. The summed E-state index contributed by atoms with van der Waals surface area (Å²) in [7, 11) is -1.93. The van der Waals surface area contributed by atoms with Gasteiger partial charge in [-0.25, -0.2) is 13.4 Å². The zero-order chi connectivity index (χ0) is 24.3. The SMILES string of the molecule is CCCNC(=O)c1ccc(-c2nc3cc(NS(=O)(=O)c4ccc(C#N)cc4)ccc3n2C)cc1. The molecule has 4 rings (SSSR count). The molecule has 34 heavy (non-hydrogen) atoms. The van der Waals surface area contributed by atoms with Crippen molar-refractivity contribution in [3.05, 3.63) is 77.9 Å². The molecule has 4 aromatic rings. The predicted octanol–water partition coefficient (Wildman–Crippen LogP) is 4.05. The second-order valence-electron chi connectivity index (χ2n) is 7.77. The van der Waals surface area contributed by atoms with Gasteiger partial charge in [-0.05, 0) is 61.0 Å². The van der Waals surface area contributed by atoms with E-state index < -0.39 is 10.0 Å². The van der Waals surface area contributed by atoms with Crippen molar-refractivity contribution in [1.82, 2.24) is 14.9 Å². The highest BCUT2D eigenvalue weighted by atomic mass is 32.2. The Balaban J connectivity index is 1.60. The molecule has 0 fully saturated rings. The molecule has 0 radical (unpaired) electrons. The van der Waals surface area contributed by atoms with Crippen LogP contribution in [0.1, 0.15) is 29.3 Å². The summed E-state index contributed by atoms with van der Waals surface area (Å²) in [5.74, 6) is 0.584. The summed E-state index contributed by atoms with van der Waals surface area (Å²) in [6.07, 6.45) is 0.870. The lowest BCUT2D eigenvalue weighted by Gasteiger charge is -2.08. The number of carbonyl (C=O) groups excluding carboxylic acids is 1. The van der Waals surface area contributed by atoms with E-state index >= 15 is 0 Å². The molecule has 2 N–H and O–H groups in total. The molecule has 0 saturated carbocycles. The largest absolute Gasteiger partial charge is 0.352 e. The van der Waals surface area contributed by atoms with E-state index in [0.29, 0.717) is 34.7 Å². The first-order valence-corrected chi connectivity index (χ1v) is 12.2. The van der Waals surface area contributed by atoms with Crippen molar-refractivity contribution in [2.45, 2.75) is 18.2 Å². The van der Waals surface area contributed by atoms with Gasteiger partial charge in [-0.2, -0.15) is 5.26 Å². The number of anilines is 1. The number of fused-ring (bicyclic) bond motifs is 1. The van der Waals surface area contributed by atoms with Crippen LogP contribution in [-0.4, -0.2) is 30.4 Å². The average Bonchev–Trinajstić information content (AvgIpc) is 3.18. The summed E-state index contributed by atoms with van der Waals surface area (Å²) in [6, 6.07) is 20.0. The fourth-order valence-electron chi connectivity index (χ4n) is 3.56. The van der Waals surface area contributed by atoms with E-state index in [-0.39, 0.29) is 10.8 Å². The van der Waals surface area contributed by atoms with Crippen LogP contribution in [-0.2, 0) is 17.1 Å². The van der Waals surface area contributed by atoms with Gasteiger partial charge < -0.3 is 9.88 Å². The van der Waals surface area contributed by atoms with Gasteiger partial charge in [0.2, 0.25) is 0 Å². The van der Waals surface area contributed by atoms with Crippen molar-refractivity contribution in [2.24, 2.45) is 7.05 Å². The van der Waals surface area contributed by atoms with Crippen molar-refractivity contribution < 1.29 is 13.2 Å². The average molecular weight is 474 g/mol. The molecule has 1 amide bonds. The number of benzene rings is 3. The van der Waals surface area contributed by atoms with Crippen LogP contribution in [0.3, 0.4) is 0 Å². The molecule has 0 aliphatic carbocycles. The predicted molar refractivity (Wildman–Crippen MR) is 131 cm³/mol. The fourth-order valence-corrected chi connectivity index (χ4v) is 4.60. The first-order valence-electron chi connectivity index (χ1n) is 10.7. The molecule has 1 heterocycles. The summed E-state index contributed by atoms with van der Waals surface area (Å²) >= 11 is 0. The molecular weight excluding hydrogens is 450 g/mol. The molecule has 0 unspecified atom stereocenters. The molecule has 8 nitrogen and oxygen atoms in total. The van der Waals surface area contributed by atoms with Gasteiger partial charge in [0, 0.05) is 24.7 Å². The topological polar surface area (TPSA) is 117 Å². The zero-order valence-corrected chi connectivity index (χ0v) is 19.6. The maximum Gasteiger partial charge on any atom is 0.261 e. The first kappa shape index (κ1) is 23.0. The van der Waals surface area contributed by atoms with Crippen LogP contribution in [0.5, 0.6) is 0 Å². The number of hydrogen-bond donors (Lipinski definition) is 2. The second-order valence-corrected chi connectivity index (χ2v) is 9.46. The molecule has 9 heteroatoms. The van der Waals surface area contributed by atoms with Crippen molar-refractivity contribution >= 4 is 32.7 Å². The van der Waals surface area contributed by atoms with Crippen LogP contribution < -0.4 is 10.0 Å². The maximum atomic E-state index is 12.7. The van der Waals surface area contributed by atoms with Crippen LogP contribution in [0.15, 0.2) is 71.6 Å². The van der Waals surface area contributed by atoms with Gasteiger partial charge in [-0.15, -0.1) is 0 Å². The highest BCUT2D eigenvalue weighted by molar-refractivity contribution is 7.92. The second kappa shape index (κ2) is 9.37. The molecule has 1 aromatic heterocycles. The van der Waals surface area contributed by atoms with Gasteiger partial charge in [0.1, 0.15) is 5.82 Å². The third kappa shape index (κ3) is 4.63. The van der Waals surface area contributed by atoms with Crippen molar-refractivity contribution in [3.8, 4) is 17.5 Å². The van der Waals surface area contributed by atoms with Crippen LogP contribution >= 0.6 is 0 Å². The molecule has 0 aliphatic rings. The standard InChI is InChI=1S/C25H23N5O3S/c1-3-14-27-25(31)19-8-6-18(7-9-19)24-28-22-15-20(10-13-23(22)30(24)2)29-34(32,33)21-11-4-17(16-26)5-12-21/h4-13,15,29H,3,14H2,1-2H3,(H,27,31). The number of nitrogens with zero attached hydrogens (tertiary/aromatic N) is 3. The summed E-state index contributed by atoms with van der Waals surface area (Å²) in [5, 5.41) is 11.8. The lowest BCUT2D eigenvalue weighted by Crippen LogP contribution is -2.23. The summed E-state index contributed by atoms with van der Waals surface area (Å²) in [5.41, 5.74) is 3.64. The number of aromatic nitrogens is 2. The normalized spacial score (nSPS) is 11.2. The number of carbonyl (C=O) groups is 1. The van der Waals surface area contributed by atoms with Crippen molar-refractivity contribution in [2.75, 3.05) is 11.3 Å². The molecule has 0 aliphatic heterocycles. The molecule has 0 spiro atoms. The lowest BCUT2D eigenvalue weighted by molar-refractivity contribution is 0.0953. The number of sulfonamides is 1. The minimum Gasteiger partial charge on any atom is -0.352 e. The zero-order valence-electron chi connectivity index (χ0n) is 18.7. The minimum absolute atomic E-state index is 0.0661. The lowest BCUT2D eigenvalue weighted by atomic mass is 10.1. The third-order valence-electron chi connectivity index (χ3n) is 5.37. The summed E-state index contributed by atoms with van der Waals surface area (Å²) in [6.45, 7) is 2.63. The van der Waals surface area contributed by atoms with E-state index in [4.69, 9.17) is 5.26 Å². The van der Waals surface area contributed by atoms with E-state index in [1.165, 1.54) is 24.3 Å². The Hall–Kier alpha value is -4.16. The van der Waals surface area contributed by atoms with Gasteiger partial charge >= 0.3 is 0 Å². The molecule has 0 bridgehead atoms. The smallest absolute Gasteiger partial charge is 0.261 e. The molecule has 0 saturated heterocycles. The molecule has 0 atom stereocenters. The van der Waals surface area contributed by atoms with E-state index in [1.54, 1.807) is 30.3 Å². The van der Waals surface area contributed by atoms with Gasteiger partial charge in [0.25, 0.3) is 15.9 Å². The number of nitrogens with one attached hydrogen (secondary N) is 2. The van der Waals surface area contributed by atoms with E-state index in [0.717, 1.165) is 17.5 Å². The Morgan fingerprint density at radius 1 is 1.06 bits per heavy atom. The molecular formula is C25H23N5O3S. The highest BCUT2D eigenvalue weighted by Gasteiger charge is 2.16. The van der Waals surface area contributed by atoms with Gasteiger partial charge in [-0.1, -0.05) is 19.1 Å². The van der Waals surface area contributed by atoms with Crippen LogP contribution in [0, 0.1) is 11.3 Å². The monoisotopic (exact) mass is 473 g/mol. The van der Waals surface area contributed by atoms with Crippen molar-refractivity contribution in [3.63, 3.8) is 0 Å². The summed E-state index contributed by atoms with van der Waals surface area (Å²) < 4.78 is 29.9. The molecule has 172 valence electrons. The number of amides is 1. The fraction of sp³-hybridized carbons (Fsp3) is 0.160. The number of imidazole rings is 1. The van der Waals surface area contributed by atoms with Crippen molar-refractivity contribution in [1.29, 1.82) is 5.26 Å². The molecule has 3 aromatic carbocycles. The van der Waals surface area contributed by atoms with Crippen LogP contribution in [0.25, 0.3) is 22.4 Å². The van der Waals surface area contributed by atoms with Crippen LogP contribution in [0.2, 0.25) is 0 Å². The van der Waals surface area contributed by atoms with Gasteiger partial charge in [0.15, 0.2) is 0 Å².